The van der Waals surface area contributed by atoms with Gasteiger partial charge in [0.05, 0.1) is 11.1 Å². The van der Waals surface area contributed by atoms with Crippen molar-refractivity contribution in [3.63, 3.8) is 0 Å². The van der Waals surface area contributed by atoms with E-state index in [2.05, 4.69) is 5.32 Å². The average molecular weight is 214 g/mol. The van der Waals surface area contributed by atoms with Gasteiger partial charge in [0.2, 0.25) is 0 Å². The third kappa shape index (κ3) is 1.42. The van der Waals surface area contributed by atoms with Crippen molar-refractivity contribution in [1.82, 2.24) is 5.32 Å². The van der Waals surface area contributed by atoms with Crippen molar-refractivity contribution in [2.45, 2.75) is 12.5 Å². The molecule has 1 aromatic carbocycles. The fourth-order valence-electron chi connectivity index (χ4n) is 1.74. The molecule has 1 aliphatic heterocycles. The summed E-state index contributed by atoms with van der Waals surface area (Å²) in [6, 6.07) is 2.56. The second kappa shape index (κ2) is 3.67. The molecule has 1 aromatic rings. The zero-order chi connectivity index (χ0) is 10.1. The van der Waals surface area contributed by atoms with Gasteiger partial charge in [-0.05, 0) is 18.1 Å². The maximum atomic E-state index is 13.1. The number of aldehydes is 1. The molecular weight excluding hydrogens is 205 g/mol. The van der Waals surface area contributed by atoms with Gasteiger partial charge in [-0.2, -0.15) is 0 Å². The lowest BCUT2D eigenvalue weighted by atomic mass is 9.95. The molecule has 2 rings (SSSR count). The summed E-state index contributed by atoms with van der Waals surface area (Å²) >= 11 is 5.81. The van der Waals surface area contributed by atoms with Crippen molar-refractivity contribution in [1.29, 1.82) is 0 Å². The Labute approximate surface area is 86.1 Å². The smallest absolute Gasteiger partial charge is 0.142 e. The standard InChI is InChI=1S/C10H9ClFNO/c11-10-7(12)2-1-6-3-4-13-8(5-14)9(6)10/h1-2,5,8,13H,3-4H2. The quantitative estimate of drug-likeness (QED) is 0.722. The van der Waals surface area contributed by atoms with Gasteiger partial charge in [-0.1, -0.05) is 17.7 Å². The van der Waals surface area contributed by atoms with Gasteiger partial charge in [0, 0.05) is 12.1 Å². The van der Waals surface area contributed by atoms with E-state index in [1.54, 1.807) is 6.07 Å². The van der Waals surface area contributed by atoms with Crippen LogP contribution in [0.5, 0.6) is 0 Å². The van der Waals surface area contributed by atoms with E-state index in [1.807, 2.05) is 0 Å². The molecule has 74 valence electrons. The summed E-state index contributed by atoms with van der Waals surface area (Å²) in [5, 5.41) is 3.04. The van der Waals surface area contributed by atoms with Crippen molar-refractivity contribution < 1.29 is 9.18 Å². The largest absolute Gasteiger partial charge is 0.304 e. The molecule has 0 bridgehead atoms. The highest BCUT2D eigenvalue weighted by molar-refractivity contribution is 6.31. The highest BCUT2D eigenvalue weighted by Gasteiger charge is 2.23. The van der Waals surface area contributed by atoms with Crippen molar-refractivity contribution in [3.05, 3.63) is 34.1 Å². The van der Waals surface area contributed by atoms with Crippen molar-refractivity contribution in [2.75, 3.05) is 6.54 Å². The number of carbonyl (C=O) groups excluding carboxylic acids is 1. The monoisotopic (exact) mass is 213 g/mol. The van der Waals surface area contributed by atoms with Crippen LogP contribution in [0.15, 0.2) is 12.1 Å². The summed E-state index contributed by atoms with van der Waals surface area (Å²) in [7, 11) is 0. The lowest BCUT2D eigenvalue weighted by Crippen LogP contribution is -2.31. The predicted molar refractivity (Wildman–Crippen MR) is 51.9 cm³/mol. The molecular formula is C10H9ClFNO. The molecule has 0 radical (unpaired) electrons. The van der Waals surface area contributed by atoms with Crippen LogP contribution in [-0.4, -0.2) is 12.8 Å². The highest BCUT2D eigenvalue weighted by Crippen LogP contribution is 2.30. The molecule has 14 heavy (non-hydrogen) atoms. The first-order valence-electron chi connectivity index (χ1n) is 4.39. The van der Waals surface area contributed by atoms with Crippen molar-refractivity contribution in [2.24, 2.45) is 0 Å². The van der Waals surface area contributed by atoms with E-state index in [0.717, 1.165) is 24.8 Å². The Kier molecular flexibility index (Phi) is 2.52. The van der Waals surface area contributed by atoms with Crippen LogP contribution < -0.4 is 5.32 Å². The number of carbonyl (C=O) groups is 1. The number of nitrogens with one attached hydrogen (secondary N) is 1. The van der Waals surface area contributed by atoms with E-state index in [-0.39, 0.29) is 5.02 Å². The zero-order valence-electron chi connectivity index (χ0n) is 7.39. The van der Waals surface area contributed by atoms with Crippen LogP contribution in [0.2, 0.25) is 5.02 Å². The van der Waals surface area contributed by atoms with Gasteiger partial charge < -0.3 is 10.1 Å². The number of hydrogen-bond donors (Lipinski definition) is 1. The summed E-state index contributed by atoms with van der Waals surface area (Å²) in [6.07, 6.45) is 1.53. The molecule has 1 N–H and O–H groups in total. The molecule has 2 nitrogen and oxygen atoms in total. The number of halogens is 2. The van der Waals surface area contributed by atoms with E-state index >= 15 is 0 Å². The Hall–Kier alpha value is -0.930. The molecule has 1 unspecified atom stereocenters. The first-order chi connectivity index (χ1) is 6.74. The van der Waals surface area contributed by atoms with Gasteiger partial charge in [-0.25, -0.2) is 4.39 Å². The first-order valence-corrected chi connectivity index (χ1v) is 4.77. The summed E-state index contributed by atoms with van der Waals surface area (Å²) < 4.78 is 13.1. The van der Waals surface area contributed by atoms with Crippen LogP contribution in [0.3, 0.4) is 0 Å². The Morgan fingerprint density at radius 1 is 1.57 bits per heavy atom. The summed E-state index contributed by atoms with van der Waals surface area (Å²) in [5.41, 5.74) is 1.54. The van der Waals surface area contributed by atoms with Gasteiger partial charge >= 0.3 is 0 Å². The number of hydrogen-bond acceptors (Lipinski definition) is 2. The SMILES string of the molecule is O=CC1NCCc2ccc(F)c(Cl)c21. The lowest BCUT2D eigenvalue weighted by Gasteiger charge is -2.23. The van der Waals surface area contributed by atoms with Crippen LogP contribution in [0.4, 0.5) is 4.39 Å². The predicted octanol–water partition coefficient (Wildman–Crippen LogP) is 1.86. The molecule has 1 aliphatic rings. The minimum Gasteiger partial charge on any atom is -0.304 e. The minimum absolute atomic E-state index is 0.0619. The molecule has 0 aliphatic carbocycles. The van der Waals surface area contributed by atoms with E-state index in [9.17, 15) is 9.18 Å². The molecule has 0 fully saturated rings. The zero-order valence-corrected chi connectivity index (χ0v) is 8.14. The summed E-state index contributed by atoms with van der Waals surface area (Å²) in [5.74, 6) is -0.471. The summed E-state index contributed by atoms with van der Waals surface area (Å²) in [6.45, 7) is 0.721. The second-order valence-corrected chi connectivity index (χ2v) is 3.63. The molecule has 1 atom stereocenters. The second-order valence-electron chi connectivity index (χ2n) is 3.25. The van der Waals surface area contributed by atoms with Crippen LogP contribution >= 0.6 is 11.6 Å². The fourth-order valence-corrected chi connectivity index (χ4v) is 2.04. The average Bonchev–Trinajstić information content (AvgIpc) is 2.23. The van der Waals surface area contributed by atoms with Crippen molar-refractivity contribution >= 4 is 17.9 Å². The maximum Gasteiger partial charge on any atom is 0.142 e. The third-order valence-electron chi connectivity index (χ3n) is 2.43. The Balaban J connectivity index is 2.58. The molecule has 0 spiro atoms. The van der Waals surface area contributed by atoms with E-state index in [1.165, 1.54) is 6.07 Å². The normalized spacial score (nSPS) is 20.3. The van der Waals surface area contributed by atoms with Crippen LogP contribution in [0.25, 0.3) is 0 Å². The number of rotatable bonds is 1. The Morgan fingerprint density at radius 2 is 2.36 bits per heavy atom. The molecule has 0 saturated heterocycles. The molecule has 1 heterocycles. The fraction of sp³-hybridized carbons (Fsp3) is 0.300. The van der Waals surface area contributed by atoms with Crippen LogP contribution in [0.1, 0.15) is 17.2 Å². The molecule has 4 heteroatoms. The lowest BCUT2D eigenvalue weighted by molar-refractivity contribution is -0.109. The maximum absolute atomic E-state index is 13.1. The number of fused-ring (bicyclic) bond motifs is 1. The van der Waals surface area contributed by atoms with Gasteiger partial charge in [0.15, 0.2) is 0 Å². The van der Waals surface area contributed by atoms with Gasteiger partial charge in [0.25, 0.3) is 0 Å². The summed E-state index contributed by atoms with van der Waals surface area (Å²) in [4.78, 5) is 10.7. The molecule has 0 saturated carbocycles. The van der Waals surface area contributed by atoms with Crippen LogP contribution in [0, 0.1) is 5.82 Å². The first kappa shape index (κ1) is 9.62. The molecule has 0 amide bonds. The van der Waals surface area contributed by atoms with Gasteiger partial charge in [0.1, 0.15) is 12.1 Å². The minimum atomic E-state index is -0.471. The van der Waals surface area contributed by atoms with E-state index in [0.29, 0.717) is 5.56 Å². The molecule has 0 aromatic heterocycles. The Bertz CT molecular complexity index is 381. The number of benzene rings is 1. The van der Waals surface area contributed by atoms with Crippen LogP contribution in [-0.2, 0) is 11.2 Å². The Morgan fingerprint density at radius 3 is 3.07 bits per heavy atom. The third-order valence-corrected chi connectivity index (χ3v) is 2.81. The highest BCUT2D eigenvalue weighted by atomic mass is 35.5. The van der Waals surface area contributed by atoms with Crippen molar-refractivity contribution in [3.8, 4) is 0 Å². The van der Waals surface area contributed by atoms with Gasteiger partial charge in [-0.15, -0.1) is 0 Å². The van der Waals surface area contributed by atoms with Gasteiger partial charge in [-0.3, -0.25) is 0 Å². The van der Waals surface area contributed by atoms with E-state index < -0.39 is 11.9 Å². The topological polar surface area (TPSA) is 29.1 Å². The van der Waals surface area contributed by atoms with E-state index in [4.69, 9.17) is 11.6 Å².